The number of ketones is 1. The monoisotopic (exact) mass is 257 g/mol. The summed E-state index contributed by atoms with van der Waals surface area (Å²) in [7, 11) is 3.66. The second-order valence-electron chi connectivity index (χ2n) is 5.64. The van der Waals surface area contributed by atoms with Crippen molar-refractivity contribution in [3.05, 3.63) is 41.5 Å². The van der Waals surface area contributed by atoms with Crippen molar-refractivity contribution < 1.29 is 9.53 Å². The van der Waals surface area contributed by atoms with E-state index < -0.39 is 5.54 Å². The minimum atomic E-state index is -0.497. The molecule has 19 heavy (non-hydrogen) atoms. The average Bonchev–Trinajstić information content (AvgIpc) is 2.69. The maximum atomic E-state index is 12.9. The SMILES string of the molecule is COc1cccc2c1C(=O)C1(C=CC(C)CN1C)C2. The Balaban J connectivity index is 2.11. The standard InChI is InChI=1S/C16H19NO2/c1-11-7-8-16(17(2)10-11)9-12-5-4-6-13(19-3)14(12)15(16)18/h4-8,11H,9-10H2,1-3H3. The number of ether oxygens (including phenoxy) is 1. The lowest BCUT2D eigenvalue weighted by Crippen LogP contribution is -2.53. The van der Waals surface area contributed by atoms with Crippen LogP contribution in [0.1, 0.15) is 22.8 Å². The molecule has 0 saturated heterocycles. The first-order valence-corrected chi connectivity index (χ1v) is 6.70. The summed E-state index contributed by atoms with van der Waals surface area (Å²) in [5, 5.41) is 0. The summed E-state index contributed by atoms with van der Waals surface area (Å²) in [4.78, 5) is 15.1. The minimum absolute atomic E-state index is 0.172. The van der Waals surface area contributed by atoms with Gasteiger partial charge in [0.15, 0.2) is 5.78 Å². The van der Waals surface area contributed by atoms with Gasteiger partial charge in [0.1, 0.15) is 11.3 Å². The molecule has 0 bridgehead atoms. The number of methoxy groups -OCH3 is 1. The molecule has 3 heteroatoms. The van der Waals surface area contributed by atoms with Crippen LogP contribution < -0.4 is 4.74 Å². The van der Waals surface area contributed by atoms with Crippen molar-refractivity contribution in [1.29, 1.82) is 0 Å². The number of Topliss-reactive ketones (excluding diaryl/α,β-unsaturated/α-hetero) is 1. The van der Waals surface area contributed by atoms with Gasteiger partial charge >= 0.3 is 0 Å². The topological polar surface area (TPSA) is 29.5 Å². The van der Waals surface area contributed by atoms with Crippen molar-refractivity contribution in [3.8, 4) is 5.75 Å². The summed E-state index contributed by atoms with van der Waals surface area (Å²) < 4.78 is 5.35. The van der Waals surface area contributed by atoms with Gasteiger partial charge in [0, 0.05) is 13.0 Å². The molecular weight excluding hydrogens is 238 g/mol. The lowest BCUT2D eigenvalue weighted by Gasteiger charge is -2.39. The molecule has 0 N–H and O–H groups in total. The first kappa shape index (κ1) is 12.4. The molecule has 0 aromatic heterocycles. The zero-order chi connectivity index (χ0) is 13.6. The number of likely N-dealkylation sites (N-methyl/N-ethyl adjacent to an activating group) is 1. The van der Waals surface area contributed by atoms with Crippen LogP contribution in [0.5, 0.6) is 5.75 Å². The average molecular weight is 257 g/mol. The van der Waals surface area contributed by atoms with E-state index in [0.717, 1.165) is 24.1 Å². The maximum absolute atomic E-state index is 12.9. The van der Waals surface area contributed by atoms with E-state index in [1.165, 1.54) is 0 Å². The summed E-state index contributed by atoms with van der Waals surface area (Å²) in [5.41, 5.74) is 1.36. The Morgan fingerprint density at radius 3 is 2.89 bits per heavy atom. The third-order valence-corrected chi connectivity index (χ3v) is 4.36. The summed E-state index contributed by atoms with van der Waals surface area (Å²) in [6, 6.07) is 5.86. The fraction of sp³-hybridized carbons (Fsp3) is 0.438. The number of benzene rings is 1. The van der Waals surface area contributed by atoms with Gasteiger partial charge in [-0.25, -0.2) is 0 Å². The zero-order valence-electron chi connectivity index (χ0n) is 11.6. The van der Waals surface area contributed by atoms with E-state index >= 15 is 0 Å². The van der Waals surface area contributed by atoms with Crippen LogP contribution in [0.2, 0.25) is 0 Å². The van der Waals surface area contributed by atoms with Crippen LogP contribution in [0.15, 0.2) is 30.4 Å². The molecule has 2 atom stereocenters. The van der Waals surface area contributed by atoms with Crippen LogP contribution in [0.4, 0.5) is 0 Å². The van der Waals surface area contributed by atoms with E-state index in [9.17, 15) is 4.79 Å². The number of carbonyl (C=O) groups excluding carboxylic acids is 1. The Kier molecular flexibility index (Phi) is 2.75. The fourth-order valence-electron chi connectivity index (χ4n) is 3.29. The quantitative estimate of drug-likeness (QED) is 0.723. The van der Waals surface area contributed by atoms with Crippen molar-refractivity contribution in [2.75, 3.05) is 20.7 Å². The van der Waals surface area contributed by atoms with Crippen molar-refractivity contribution in [2.24, 2.45) is 5.92 Å². The lowest BCUT2D eigenvalue weighted by atomic mass is 9.86. The third-order valence-electron chi connectivity index (χ3n) is 4.36. The van der Waals surface area contributed by atoms with Gasteiger partial charge in [-0.05, 0) is 24.6 Å². The summed E-state index contributed by atoms with van der Waals surface area (Å²) in [6.45, 7) is 3.09. The van der Waals surface area contributed by atoms with Crippen molar-refractivity contribution in [2.45, 2.75) is 18.9 Å². The van der Waals surface area contributed by atoms with Crippen molar-refractivity contribution in [3.63, 3.8) is 0 Å². The minimum Gasteiger partial charge on any atom is -0.496 e. The molecule has 3 rings (SSSR count). The van der Waals surface area contributed by atoms with Crippen LogP contribution in [0.25, 0.3) is 0 Å². The molecule has 1 aliphatic carbocycles. The zero-order valence-corrected chi connectivity index (χ0v) is 11.6. The van der Waals surface area contributed by atoms with E-state index in [-0.39, 0.29) is 5.78 Å². The van der Waals surface area contributed by atoms with Crippen LogP contribution in [0.3, 0.4) is 0 Å². The molecule has 1 aromatic carbocycles. The summed E-state index contributed by atoms with van der Waals surface area (Å²) in [6.07, 6.45) is 5.00. The largest absolute Gasteiger partial charge is 0.496 e. The van der Waals surface area contributed by atoms with Crippen LogP contribution in [0, 0.1) is 5.92 Å². The van der Waals surface area contributed by atoms with E-state index in [1.54, 1.807) is 7.11 Å². The Morgan fingerprint density at radius 1 is 1.42 bits per heavy atom. The Hall–Kier alpha value is -1.61. The molecule has 2 aliphatic rings. The van der Waals surface area contributed by atoms with E-state index in [0.29, 0.717) is 11.7 Å². The van der Waals surface area contributed by atoms with Crippen molar-refractivity contribution >= 4 is 5.78 Å². The second kappa shape index (κ2) is 4.20. The molecule has 1 heterocycles. The van der Waals surface area contributed by atoms with Crippen molar-refractivity contribution in [1.82, 2.24) is 4.90 Å². The number of hydrogen-bond donors (Lipinski definition) is 0. The van der Waals surface area contributed by atoms with Gasteiger partial charge < -0.3 is 4.74 Å². The predicted molar refractivity (Wildman–Crippen MR) is 74.7 cm³/mol. The molecule has 0 fully saturated rings. The number of hydrogen-bond acceptors (Lipinski definition) is 3. The third kappa shape index (κ3) is 1.65. The molecule has 0 saturated carbocycles. The van der Waals surface area contributed by atoms with Gasteiger partial charge in [-0.15, -0.1) is 0 Å². The summed E-state index contributed by atoms with van der Waals surface area (Å²) >= 11 is 0. The molecule has 3 nitrogen and oxygen atoms in total. The molecule has 1 spiro atoms. The molecule has 0 radical (unpaired) electrons. The van der Waals surface area contributed by atoms with Gasteiger partial charge in [-0.1, -0.05) is 31.2 Å². The molecule has 1 aromatic rings. The van der Waals surface area contributed by atoms with Gasteiger partial charge in [-0.2, -0.15) is 0 Å². The molecular formula is C16H19NO2. The predicted octanol–water partition coefficient (Wildman–Crippen LogP) is 2.31. The maximum Gasteiger partial charge on any atom is 0.191 e. The molecule has 2 unspecified atom stereocenters. The number of nitrogens with zero attached hydrogens (tertiary/aromatic N) is 1. The number of carbonyl (C=O) groups is 1. The highest BCUT2D eigenvalue weighted by atomic mass is 16.5. The Labute approximate surface area is 113 Å². The number of fused-ring (bicyclic) bond motifs is 1. The van der Waals surface area contributed by atoms with Gasteiger partial charge in [-0.3, -0.25) is 9.69 Å². The van der Waals surface area contributed by atoms with Gasteiger partial charge in [0.05, 0.1) is 12.7 Å². The summed E-state index contributed by atoms with van der Waals surface area (Å²) in [5.74, 6) is 1.36. The highest BCUT2D eigenvalue weighted by Gasteiger charge is 2.49. The molecule has 0 amide bonds. The first-order chi connectivity index (χ1) is 9.08. The Bertz CT molecular complexity index is 564. The second-order valence-corrected chi connectivity index (χ2v) is 5.64. The van der Waals surface area contributed by atoms with Crippen LogP contribution in [-0.2, 0) is 6.42 Å². The smallest absolute Gasteiger partial charge is 0.191 e. The van der Waals surface area contributed by atoms with Crippen LogP contribution in [-0.4, -0.2) is 36.9 Å². The van der Waals surface area contributed by atoms with E-state index in [1.807, 2.05) is 25.2 Å². The van der Waals surface area contributed by atoms with E-state index in [2.05, 4.69) is 24.0 Å². The molecule has 1 aliphatic heterocycles. The molecule has 100 valence electrons. The number of rotatable bonds is 1. The highest BCUT2D eigenvalue weighted by Crippen LogP contribution is 2.41. The van der Waals surface area contributed by atoms with E-state index in [4.69, 9.17) is 4.74 Å². The lowest BCUT2D eigenvalue weighted by molar-refractivity contribution is 0.0723. The Morgan fingerprint density at radius 2 is 2.21 bits per heavy atom. The van der Waals surface area contributed by atoms with Gasteiger partial charge in [0.2, 0.25) is 0 Å². The van der Waals surface area contributed by atoms with Crippen LogP contribution >= 0.6 is 0 Å². The first-order valence-electron chi connectivity index (χ1n) is 6.70. The normalized spacial score (nSPS) is 29.8. The fourth-order valence-corrected chi connectivity index (χ4v) is 3.29. The highest BCUT2D eigenvalue weighted by molar-refractivity contribution is 6.11. The van der Waals surface area contributed by atoms with Gasteiger partial charge in [0.25, 0.3) is 0 Å².